The molecule has 1 unspecified atom stereocenters. The second kappa shape index (κ2) is 7.66. The van der Waals surface area contributed by atoms with Gasteiger partial charge in [-0.2, -0.15) is 0 Å². The van der Waals surface area contributed by atoms with Crippen LogP contribution in [0.4, 0.5) is 10.5 Å². The van der Waals surface area contributed by atoms with Crippen LogP contribution in [0.1, 0.15) is 38.2 Å². The monoisotopic (exact) mass is 310 g/mol. The fourth-order valence-corrected chi connectivity index (χ4v) is 2.99. The maximum absolute atomic E-state index is 12.5. The standard InChI is InChI=1S/C16H23ClN2O2/c1-2-12-10-13(17)7-8-15(12)18-16(21)19-9-5-3-4-6-14(19)11-20/h7-8,10,14,20H,2-6,9,11H2,1H3,(H,18,21). The fraction of sp³-hybridized carbons (Fsp3) is 0.562. The first kappa shape index (κ1) is 16.1. The van der Waals surface area contributed by atoms with Crippen LogP contribution in [0.25, 0.3) is 0 Å². The first-order valence-electron chi connectivity index (χ1n) is 7.62. The van der Waals surface area contributed by atoms with E-state index in [2.05, 4.69) is 5.32 Å². The molecule has 1 atom stereocenters. The van der Waals surface area contributed by atoms with Gasteiger partial charge in [-0.25, -0.2) is 4.79 Å². The Morgan fingerprint density at radius 1 is 1.43 bits per heavy atom. The van der Waals surface area contributed by atoms with E-state index in [9.17, 15) is 9.90 Å². The molecule has 0 spiro atoms. The number of likely N-dealkylation sites (tertiary alicyclic amines) is 1. The van der Waals surface area contributed by atoms with Gasteiger partial charge in [-0.15, -0.1) is 0 Å². The number of urea groups is 1. The number of rotatable bonds is 3. The summed E-state index contributed by atoms with van der Waals surface area (Å²) in [6.45, 7) is 2.75. The van der Waals surface area contributed by atoms with Gasteiger partial charge in [0, 0.05) is 17.3 Å². The lowest BCUT2D eigenvalue weighted by molar-refractivity contribution is 0.142. The number of halogens is 1. The van der Waals surface area contributed by atoms with E-state index >= 15 is 0 Å². The molecule has 2 N–H and O–H groups in total. The lowest BCUT2D eigenvalue weighted by Gasteiger charge is -2.29. The predicted octanol–water partition coefficient (Wildman–Crippen LogP) is 3.67. The molecule has 1 aliphatic rings. The molecule has 0 saturated carbocycles. The second-order valence-corrected chi connectivity index (χ2v) is 5.90. The SMILES string of the molecule is CCc1cc(Cl)ccc1NC(=O)N1CCCCCC1CO. The third-order valence-corrected chi connectivity index (χ3v) is 4.27. The van der Waals surface area contributed by atoms with Crippen LogP contribution in [0, 0.1) is 0 Å². The molecule has 1 heterocycles. The molecular formula is C16H23ClN2O2. The molecule has 0 radical (unpaired) electrons. The van der Waals surface area contributed by atoms with E-state index < -0.39 is 0 Å². The van der Waals surface area contributed by atoms with Gasteiger partial charge in [-0.3, -0.25) is 0 Å². The summed E-state index contributed by atoms with van der Waals surface area (Å²) in [7, 11) is 0. The zero-order valence-electron chi connectivity index (χ0n) is 12.4. The first-order chi connectivity index (χ1) is 10.2. The van der Waals surface area contributed by atoms with E-state index in [1.54, 1.807) is 11.0 Å². The molecule has 0 aromatic heterocycles. The summed E-state index contributed by atoms with van der Waals surface area (Å²) in [5.74, 6) is 0. The van der Waals surface area contributed by atoms with Crippen LogP contribution in [0.5, 0.6) is 0 Å². The van der Waals surface area contributed by atoms with Crippen LogP contribution in [-0.2, 0) is 6.42 Å². The number of amides is 2. The molecule has 4 nitrogen and oxygen atoms in total. The zero-order chi connectivity index (χ0) is 15.2. The summed E-state index contributed by atoms with van der Waals surface area (Å²) in [6, 6.07) is 5.29. The number of aliphatic hydroxyl groups excluding tert-OH is 1. The van der Waals surface area contributed by atoms with E-state index in [-0.39, 0.29) is 18.7 Å². The number of hydrogen-bond donors (Lipinski definition) is 2. The van der Waals surface area contributed by atoms with E-state index in [0.29, 0.717) is 11.6 Å². The molecule has 116 valence electrons. The quantitative estimate of drug-likeness (QED) is 0.895. The topological polar surface area (TPSA) is 52.6 Å². The van der Waals surface area contributed by atoms with Crippen molar-refractivity contribution >= 4 is 23.3 Å². The minimum absolute atomic E-state index is 0.0225. The fourth-order valence-electron chi connectivity index (χ4n) is 2.80. The summed E-state index contributed by atoms with van der Waals surface area (Å²) >= 11 is 5.99. The normalized spacial score (nSPS) is 19.2. The molecule has 1 saturated heterocycles. The number of benzene rings is 1. The highest BCUT2D eigenvalue weighted by atomic mass is 35.5. The number of carbonyl (C=O) groups excluding carboxylic acids is 1. The summed E-state index contributed by atoms with van der Waals surface area (Å²) in [6.07, 6.45) is 4.84. The van der Waals surface area contributed by atoms with Crippen molar-refractivity contribution in [1.82, 2.24) is 4.90 Å². The van der Waals surface area contributed by atoms with Crippen molar-refractivity contribution in [2.45, 2.75) is 45.1 Å². The van der Waals surface area contributed by atoms with Gasteiger partial charge in [0.2, 0.25) is 0 Å². The smallest absolute Gasteiger partial charge is 0.322 e. The lowest BCUT2D eigenvalue weighted by Crippen LogP contribution is -2.44. The van der Waals surface area contributed by atoms with Crippen LogP contribution in [0.2, 0.25) is 5.02 Å². The number of hydrogen-bond acceptors (Lipinski definition) is 2. The lowest BCUT2D eigenvalue weighted by atomic mass is 10.1. The first-order valence-corrected chi connectivity index (χ1v) is 8.00. The Hall–Kier alpha value is -1.26. The number of nitrogens with one attached hydrogen (secondary N) is 1. The van der Waals surface area contributed by atoms with Crippen molar-refractivity contribution in [1.29, 1.82) is 0 Å². The van der Waals surface area contributed by atoms with Crippen molar-refractivity contribution in [3.05, 3.63) is 28.8 Å². The molecular weight excluding hydrogens is 288 g/mol. The van der Waals surface area contributed by atoms with E-state index in [1.165, 1.54) is 0 Å². The number of aryl methyl sites for hydroxylation is 1. The average molecular weight is 311 g/mol. The van der Waals surface area contributed by atoms with Crippen LogP contribution < -0.4 is 5.32 Å². The highest BCUT2D eigenvalue weighted by Crippen LogP contribution is 2.23. The van der Waals surface area contributed by atoms with E-state index in [4.69, 9.17) is 11.6 Å². The molecule has 0 aliphatic carbocycles. The minimum atomic E-state index is -0.132. The van der Waals surface area contributed by atoms with E-state index in [1.807, 2.05) is 19.1 Å². The third kappa shape index (κ3) is 4.11. The Labute approximate surface area is 131 Å². The highest BCUT2D eigenvalue weighted by Gasteiger charge is 2.25. The van der Waals surface area contributed by atoms with Gasteiger partial charge >= 0.3 is 6.03 Å². The van der Waals surface area contributed by atoms with Crippen LogP contribution in [0.15, 0.2) is 18.2 Å². The Morgan fingerprint density at radius 3 is 2.95 bits per heavy atom. The van der Waals surface area contributed by atoms with Crippen molar-refractivity contribution in [3.63, 3.8) is 0 Å². The predicted molar refractivity (Wildman–Crippen MR) is 85.9 cm³/mol. The molecule has 21 heavy (non-hydrogen) atoms. The molecule has 1 aliphatic heterocycles. The van der Waals surface area contributed by atoms with Crippen LogP contribution >= 0.6 is 11.6 Å². The molecule has 2 amide bonds. The maximum atomic E-state index is 12.5. The second-order valence-electron chi connectivity index (χ2n) is 5.46. The summed E-state index contributed by atoms with van der Waals surface area (Å²) in [5, 5.41) is 13.1. The number of anilines is 1. The number of carbonyl (C=O) groups is 1. The zero-order valence-corrected chi connectivity index (χ0v) is 13.2. The molecule has 5 heteroatoms. The Kier molecular flexibility index (Phi) is 5.88. The van der Waals surface area contributed by atoms with Crippen molar-refractivity contribution in [3.8, 4) is 0 Å². The summed E-state index contributed by atoms with van der Waals surface area (Å²) < 4.78 is 0. The highest BCUT2D eigenvalue weighted by molar-refractivity contribution is 6.30. The van der Waals surface area contributed by atoms with Crippen molar-refractivity contribution in [2.75, 3.05) is 18.5 Å². The van der Waals surface area contributed by atoms with Gasteiger partial charge in [-0.05, 0) is 43.0 Å². The van der Waals surface area contributed by atoms with Gasteiger partial charge in [0.1, 0.15) is 0 Å². The number of aliphatic hydroxyl groups is 1. The van der Waals surface area contributed by atoms with Crippen molar-refractivity contribution in [2.24, 2.45) is 0 Å². The molecule has 2 rings (SSSR count). The third-order valence-electron chi connectivity index (χ3n) is 4.04. The van der Waals surface area contributed by atoms with Gasteiger partial charge in [0.25, 0.3) is 0 Å². The van der Waals surface area contributed by atoms with E-state index in [0.717, 1.165) is 43.4 Å². The largest absolute Gasteiger partial charge is 0.394 e. The Morgan fingerprint density at radius 2 is 2.24 bits per heavy atom. The van der Waals surface area contributed by atoms with Crippen LogP contribution in [-0.4, -0.2) is 35.2 Å². The van der Waals surface area contributed by atoms with Gasteiger partial charge in [0.05, 0.1) is 12.6 Å². The molecule has 1 aromatic rings. The van der Waals surface area contributed by atoms with Gasteiger partial charge in [-0.1, -0.05) is 31.4 Å². The summed E-state index contributed by atoms with van der Waals surface area (Å²) in [4.78, 5) is 14.3. The average Bonchev–Trinajstić information content (AvgIpc) is 2.74. The molecule has 1 fully saturated rings. The maximum Gasteiger partial charge on any atom is 0.322 e. The molecule has 1 aromatic carbocycles. The Balaban J connectivity index is 2.12. The Bertz CT molecular complexity index is 493. The summed E-state index contributed by atoms with van der Waals surface area (Å²) in [5.41, 5.74) is 1.82. The van der Waals surface area contributed by atoms with Gasteiger partial charge in [0.15, 0.2) is 0 Å². The van der Waals surface area contributed by atoms with Crippen LogP contribution in [0.3, 0.4) is 0 Å². The number of nitrogens with zero attached hydrogens (tertiary/aromatic N) is 1. The van der Waals surface area contributed by atoms with Gasteiger partial charge < -0.3 is 15.3 Å². The minimum Gasteiger partial charge on any atom is -0.394 e. The molecule has 0 bridgehead atoms. The van der Waals surface area contributed by atoms with Crippen molar-refractivity contribution < 1.29 is 9.90 Å².